The molecule has 0 aliphatic heterocycles. The highest BCUT2D eigenvalue weighted by atomic mass is 32.2. The smallest absolute Gasteiger partial charge is 0.331 e. The van der Waals surface area contributed by atoms with E-state index in [2.05, 4.69) is 12.2 Å². The number of aliphatic carboxylic acids is 1. The van der Waals surface area contributed by atoms with Crippen molar-refractivity contribution in [1.82, 2.24) is 5.32 Å². The Hall–Kier alpha value is -1.53. The summed E-state index contributed by atoms with van der Waals surface area (Å²) in [4.78, 5) is 23.4. The first kappa shape index (κ1) is 17.5. The average Bonchev–Trinajstić information content (AvgIpc) is 2.45. The van der Waals surface area contributed by atoms with Crippen LogP contribution in [0.5, 0.6) is 0 Å². The largest absolute Gasteiger partial charge is 0.479 e. The van der Waals surface area contributed by atoms with Crippen LogP contribution in [-0.2, 0) is 15.3 Å². The number of carboxylic acid groups (broad SMARTS) is 1. The Morgan fingerprint density at radius 3 is 2.43 bits per heavy atom. The normalized spacial score (nSPS) is 13.5. The van der Waals surface area contributed by atoms with Gasteiger partial charge in [0.25, 0.3) is 5.91 Å². The topological polar surface area (TPSA) is 75.6 Å². The predicted molar refractivity (Wildman–Crippen MR) is 83.7 cm³/mol. The zero-order valence-corrected chi connectivity index (χ0v) is 13.3. The molecule has 2 N–H and O–H groups in total. The molecule has 0 heterocycles. The number of nitrogens with one attached hydrogen (secondary N) is 1. The zero-order valence-electron chi connectivity index (χ0n) is 12.5. The van der Waals surface area contributed by atoms with Crippen LogP contribution < -0.4 is 5.32 Å². The van der Waals surface area contributed by atoms with Gasteiger partial charge in [0.15, 0.2) is 5.54 Å². The number of hydrogen-bond donors (Lipinski definition) is 2. The van der Waals surface area contributed by atoms with Gasteiger partial charge in [-0.2, -0.15) is 11.8 Å². The van der Waals surface area contributed by atoms with Gasteiger partial charge in [-0.3, -0.25) is 4.79 Å². The standard InChI is InChI=1S/C15H21NO4S/c1-4-21-9-11-5-7-12(8-6-11)13(17)16-15(2,10-20-3)14(18)19/h5-8H,4,9-10H2,1-3H3,(H,16,17)(H,18,19). The van der Waals surface area contributed by atoms with Crippen molar-refractivity contribution >= 4 is 23.6 Å². The van der Waals surface area contributed by atoms with E-state index in [-0.39, 0.29) is 6.61 Å². The molecule has 1 amide bonds. The fourth-order valence-electron chi connectivity index (χ4n) is 1.73. The Kier molecular flexibility index (Phi) is 6.71. The van der Waals surface area contributed by atoms with Crippen LogP contribution in [0.4, 0.5) is 0 Å². The van der Waals surface area contributed by atoms with Gasteiger partial charge in [0.2, 0.25) is 0 Å². The Morgan fingerprint density at radius 1 is 1.33 bits per heavy atom. The quantitative estimate of drug-likeness (QED) is 0.769. The Bertz CT molecular complexity index is 489. The summed E-state index contributed by atoms with van der Waals surface area (Å²) in [5.41, 5.74) is 0.128. The van der Waals surface area contributed by atoms with Gasteiger partial charge in [-0.15, -0.1) is 0 Å². The Labute approximate surface area is 129 Å². The molecule has 5 nitrogen and oxygen atoms in total. The number of rotatable bonds is 8. The first-order valence-corrected chi connectivity index (χ1v) is 7.80. The summed E-state index contributed by atoms with van der Waals surface area (Å²) >= 11 is 1.80. The first-order valence-electron chi connectivity index (χ1n) is 6.64. The molecule has 1 rings (SSSR count). The van der Waals surface area contributed by atoms with Crippen LogP contribution in [0.25, 0.3) is 0 Å². The summed E-state index contributed by atoms with van der Waals surface area (Å²) in [6.07, 6.45) is 0. The van der Waals surface area contributed by atoms with Crippen LogP contribution in [0.2, 0.25) is 0 Å². The van der Waals surface area contributed by atoms with Crippen LogP contribution in [0, 0.1) is 0 Å². The minimum Gasteiger partial charge on any atom is -0.479 e. The molecule has 0 aliphatic rings. The fourth-order valence-corrected chi connectivity index (χ4v) is 2.37. The van der Waals surface area contributed by atoms with Crippen molar-refractivity contribution in [3.63, 3.8) is 0 Å². The van der Waals surface area contributed by atoms with Crippen molar-refractivity contribution in [2.75, 3.05) is 19.5 Å². The molecule has 0 fully saturated rings. The molecule has 0 aromatic heterocycles. The van der Waals surface area contributed by atoms with Gasteiger partial charge in [0.1, 0.15) is 0 Å². The minimum absolute atomic E-state index is 0.0979. The molecule has 0 spiro atoms. The van der Waals surface area contributed by atoms with Crippen molar-refractivity contribution < 1.29 is 19.4 Å². The molecule has 0 bridgehead atoms. The monoisotopic (exact) mass is 311 g/mol. The summed E-state index contributed by atoms with van der Waals surface area (Å²) in [7, 11) is 1.40. The maximum Gasteiger partial charge on any atom is 0.331 e. The Morgan fingerprint density at radius 2 is 1.95 bits per heavy atom. The molecule has 1 atom stereocenters. The molecule has 6 heteroatoms. The molecule has 0 radical (unpaired) electrons. The highest BCUT2D eigenvalue weighted by molar-refractivity contribution is 7.98. The van der Waals surface area contributed by atoms with Gasteiger partial charge in [0.05, 0.1) is 6.61 Å². The van der Waals surface area contributed by atoms with E-state index < -0.39 is 17.4 Å². The molecule has 116 valence electrons. The number of ether oxygens (including phenoxy) is 1. The van der Waals surface area contributed by atoms with E-state index in [4.69, 9.17) is 4.74 Å². The lowest BCUT2D eigenvalue weighted by Crippen LogP contribution is -2.55. The molecule has 0 saturated carbocycles. The van der Waals surface area contributed by atoms with E-state index >= 15 is 0 Å². The van der Waals surface area contributed by atoms with Gasteiger partial charge >= 0.3 is 5.97 Å². The number of carbonyl (C=O) groups excluding carboxylic acids is 1. The first-order chi connectivity index (χ1) is 9.92. The lowest BCUT2D eigenvalue weighted by atomic mass is 10.0. The molecule has 1 aromatic rings. The molecule has 21 heavy (non-hydrogen) atoms. The van der Waals surface area contributed by atoms with Crippen molar-refractivity contribution in [2.24, 2.45) is 0 Å². The van der Waals surface area contributed by atoms with Gasteiger partial charge < -0.3 is 15.2 Å². The summed E-state index contributed by atoms with van der Waals surface area (Å²) in [5, 5.41) is 11.7. The molecule has 0 saturated heterocycles. The summed E-state index contributed by atoms with van der Waals surface area (Å²) in [6.45, 7) is 3.41. The number of hydrogen-bond acceptors (Lipinski definition) is 4. The van der Waals surface area contributed by atoms with Crippen molar-refractivity contribution in [1.29, 1.82) is 0 Å². The third-order valence-corrected chi connectivity index (χ3v) is 3.93. The van der Waals surface area contributed by atoms with Gasteiger partial charge in [-0.05, 0) is 30.4 Å². The lowest BCUT2D eigenvalue weighted by Gasteiger charge is -2.25. The second kappa shape index (κ2) is 8.05. The van der Waals surface area contributed by atoms with Crippen molar-refractivity contribution in [2.45, 2.75) is 25.1 Å². The summed E-state index contributed by atoms with van der Waals surface area (Å²) < 4.78 is 4.87. The van der Waals surface area contributed by atoms with Gasteiger partial charge in [-0.1, -0.05) is 19.1 Å². The lowest BCUT2D eigenvalue weighted by molar-refractivity contribution is -0.145. The minimum atomic E-state index is -1.44. The van der Waals surface area contributed by atoms with E-state index in [1.54, 1.807) is 23.9 Å². The SMILES string of the molecule is CCSCc1ccc(C(=O)NC(C)(COC)C(=O)O)cc1. The van der Waals surface area contributed by atoms with E-state index in [0.717, 1.165) is 17.1 Å². The molecule has 1 aromatic carbocycles. The maximum atomic E-state index is 12.1. The molecule has 1 unspecified atom stereocenters. The number of benzene rings is 1. The Balaban J connectivity index is 2.76. The highest BCUT2D eigenvalue weighted by Crippen LogP contribution is 2.14. The van der Waals surface area contributed by atoms with Crippen molar-refractivity contribution in [3.8, 4) is 0 Å². The third kappa shape index (κ3) is 5.06. The second-order valence-corrected chi connectivity index (χ2v) is 6.13. The van der Waals surface area contributed by atoms with E-state index in [0.29, 0.717) is 5.56 Å². The van der Waals surface area contributed by atoms with E-state index in [1.165, 1.54) is 14.0 Å². The highest BCUT2D eigenvalue weighted by Gasteiger charge is 2.35. The van der Waals surface area contributed by atoms with E-state index in [1.807, 2.05) is 12.1 Å². The summed E-state index contributed by atoms with van der Waals surface area (Å²) in [6, 6.07) is 7.17. The third-order valence-electron chi connectivity index (χ3n) is 2.98. The zero-order chi connectivity index (χ0) is 15.9. The van der Waals surface area contributed by atoms with Crippen LogP contribution in [0.15, 0.2) is 24.3 Å². The second-order valence-electron chi connectivity index (χ2n) is 4.86. The molecule has 0 aliphatic carbocycles. The average molecular weight is 311 g/mol. The fraction of sp³-hybridized carbons (Fsp3) is 0.467. The van der Waals surface area contributed by atoms with Crippen LogP contribution in [0.1, 0.15) is 29.8 Å². The maximum absolute atomic E-state index is 12.1. The predicted octanol–water partition coefficient (Wildman–Crippen LogP) is 2.16. The molecular weight excluding hydrogens is 290 g/mol. The number of carboxylic acids is 1. The number of amides is 1. The van der Waals surface area contributed by atoms with Gasteiger partial charge in [-0.25, -0.2) is 4.79 Å². The van der Waals surface area contributed by atoms with Crippen LogP contribution in [0.3, 0.4) is 0 Å². The van der Waals surface area contributed by atoms with Crippen molar-refractivity contribution in [3.05, 3.63) is 35.4 Å². The van der Waals surface area contributed by atoms with Crippen LogP contribution >= 0.6 is 11.8 Å². The van der Waals surface area contributed by atoms with Gasteiger partial charge in [0, 0.05) is 18.4 Å². The number of thioether (sulfide) groups is 1. The molecular formula is C15H21NO4S. The summed E-state index contributed by atoms with van der Waals surface area (Å²) in [5.74, 6) is 0.380. The van der Waals surface area contributed by atoms with Crippen LogP contribution in [-0.4, -0.2) is 42.0 Å². The number of methoxy groups -OCH3 is 1. The number of carbonyl (C=O) groups is 2. The van der Waals surface area contributed by atoms with E-state index in [9.17, 15) is 14.7 Å².